The third-order valence-corrected chi connectivity index (χ3v) is 3.76. The molecule has 0 atom stereocenters. The molecular formula is C15H20N2O2. The largest absolute Gasteiger partial charge is 0.337 e. The van der Waals surface area contributed by atoms with Crippen molar-refractivity contribution in [3.63, 3.8) is 0 Å². The Labute approximate surface area is 113 Å². The van der Waals surface area contributed by atoms with Crippen molar-refractivity contribution in [1.82, 2.24) is 5.32 Å². The first-order valence-electron chi connectivity index (χ1n) is 6.64. The van der Waals surface area contributed by atoms with Gasteiger partial charge >= 0.3 is 6.03 Å². The monoisotopic (exact) mass is 260 g/mol. The lowest BCUT2D eigenvalue weighted by Crippen LogP contribution is -2.41. The predicted molar refractivity (Wildman–Crippen MR) is 75.4 cm³/mol. The predicted octanol–water partition coefficient (Wildman–Crippen LogP) is 3.20. The number of nitrogens with one attached hydrogen (secondary N) is 2. The molecule has 2 amide bonds. The topological polar surface area (TPSA) is 58.2 Å². The third-order valence-electron chi connectivity index (χ3n) is 3.76. The van der Waals surface area contributed by atoms with Gasteiger partial charge in [0.05, 0.1) is 0 Å². The number of carbonyl (C=O) groups is 2. The summed E-state index contributed by atoms with van der Waals surface area (Å²) in [5, 5.41) is 5.64. The SMILES string of the molecule is CC(=O)c1cccc(NC(=O)NCC2(C)CCC2)c1. The highest BCUT2D eigenvalue weighted by molar-refractivity contribution is 5.96. The Morgan fingerprint density at radius 2 is 2.05 bits per heavy atom. The molecule has 1 saturated carbocycles. The third kappa shape index (κ3) is 3.56. The second kappa shape index (κ2) is 5.43. The Kier molecular flexibility index (Phi) is 3.88. The number of hydrogen-bond acceptors (Lipinski definition) is 2. The number of urea groups is 1. The van der Waals surface area contributed by atoms with Gasteiger partial charge in [0.25, 0.3) is 0 Å². The Hall–Kier alpha value is -1.84. The Balaban J connectivity index is 1.88. The van der Waals surface area contributed by atoms with Gasteiger partial charge in [-0.3, -0.25) is 4.79 Å². The molecule has 0 heterocycles. The van der Waals surface area contributed by atoms with Gasteiger partial charge in [0.1, 0.15) is 0 Å². The standard InChI is InChI=1S/C15H20N2O2/c1-11(18)12-5-3-6-13(9-12)17-14(19)16-10-15(2)7-4-8-15/h3,5-6,9H,4,7-8,10H2,1-2H3,(H2,16,17,19). The highest BCUT2D eigenvalue weighted by atomic mass is 16.2. The molecular weight excluding hydrogens is 240 g/mol. The van der Waals surface area contributed by atoms with Crippen LogP contribution in [0.2, 0.25) is 0 Å². The van der Waals surface area contributed by atoms with E-state index in [0.29, 0.717) is 17.8 Å². The smallest absolute Gasteiger partial charge is 0.319 e. The van der Waals surface area contributed by atoms with Gasteiger partial charge < -0.3 is 10.6 Å². The molecule has 1 fully saturated rings. The van der Waals surface area contributed by atoms with E-state index in [9.17, 15) is 9.59 Å². The van der Waals surface area contributed by atoms with E-state index in [0.717, 1.165) is 0 Å². The van der Waals surface area contributed by atoms with E-state index in [2.05, 4.69) is 17.6 Å². The van der Waals surface area contributed by atoms with Crippen LogP contribution in [0, 0.1) is 5.41 Å². The molecule has 4 heteroatoms. The first kappa shape index (κ1) is 13.6. The van der Waals surface area contributed by atoms with Gasteiger partial charge in [-0.2, -0.15) is 0 Å². The van der Waals surface area contributed by atoms with Crippen LogP contribution < -0.4 is 10.6 Å². The second-order valence-corrected chi connectivity index (χ2v) is 5.61. The maximum absolute atomic E-state index is 11.8. The summed E-state index contributed by atoms with van der Waals surface area (Å²) in [5.74, 6) is -0.00830. The lowest BCUT2D eigenvalue weighted by molar-refractivity contribution is 0.101. The maximum atomic E-state index is 11.8. The number of amides is 2. The number of anilines is 1. The maximum Gasteiger partial charge on any atom is 0.319 e. The molecule has 0 aliphatic heterocycles. The van der Waals surface area contributed by atoms with E-state index in [4.69, 9.17) is 0 Å². The van der Waals surface area contributed by atoms with Crippen LogP contribution in [-0.4, -0.2) is 18.4 Å². The van der Waals surface area contributed by atoms with Crippen molar-refractivity contribution in [2.75, 3.05) is 11.9 Å². The highest BCUT2D eigenvalue weighted by Crippen LogP contribution is 2.39. The molecule has 1 aliphatic carbocycles. The molecule has 2 N–H and O–H groups in total. The van der Waals surface area contributed by atoms with Crippen molar-refractivity contribution in [3.8, 4) is 0 Å². The Bertz CT molecular complexity index is 493. The normalized spacial score (nSPS) is 16.3. The summed E-state index contributed by atoms with van der Waals surface area (Å²) in [5.41, 5.74) is 1.51. The van der Waals surface area contributed by atoms with Crippen molar-refractivity contribution in [3.05, 3.63) is 29.8 Å². The van der Waals surface area contributed by atoms with Crippen LogP contribution in [0.3, 0.4) is 0 Å². The van der Waals surface area contributed by atoms with Gasteiger partial charge in [0, 0.05) is 17.8 Å². The average Bonchev–Trinajstić information content (AvgIpc) is 2.34. The fourth-order valence-corrected chi connectivity index (χ4v) is 2.24. The number of rotatable bonds is 4. The van der Waals surface area contributed by atoms with Crippen LogP contribution in [-0.2, 0) is 0 Å². The average molecular weight is 260 g/mol. The Morgan fingerprint density at radius 3 is 2.63 bits per heavy atom. The van der Waals surface area contributed by atoms with Crippen LogP contribution >= 0.6 is 0 Å². The van der Waals surface area contributed by atoms with Gasteiger partial charge in [-0.1, -0.05) is 25.5 Å². The lowest BCUT2D eigenvalue weighted by atomic mass is 9.70. The van der Waals surface area contributed by atoms with Gasteiger partial charge in [0.2, 0.25) is 0 Å². The van der Waals surface area contributed by atoms with E-state index in [1.807, 2.05) is 0 Å². The molecule has 0 spiro atoms. The zero-order chi connectivity index (χ0) is 13.9. The molecule has 1 aromatic rings. The quantitative estimate of drug-likeness (QED) is 0.817. The molecule has 0 radical (unpaired) electrons. The minimum atomic E-state index is -0.214. The lowest BCUT2D eigenvalue weighted by Gasteiger charge is -2.38. The summed E-state index contributed by atoms with van der Waals surface area (Å²) in [6.45, 7) is 4.40. The van der Waals surface area contributed by atoms with E-state index in [-0.39, 0.29) is 17.2 Å². The number of hydrogen-bond donors (Lipinski definition) is 2. The van der Waals surface area contributed by atoms with Gasteiger partial charge in [-0.05, 0) is 37.3 Å². The second-order valence-electron chi connectivity index (χ2n) is 5.61. The van der Waals surface area contributed by atoms with Crippen LogP contribution in [0.4, 0.5) is 10.5 Å². The highest BCUT2D eigenvalue weighted by Gasteiger charge is 2.31. The molecule has 2 rings (SSSR count). The van der Waals surface area contributed by atoms with Crippen LogP contribution in [0.15, 0.2) is 24.3 Å². The molecule has 0 unspecified atom stereocenters. The van der Waals surface area contributed by atoms with Gasteiger partial charge in [-0.15, -0.1) is 0 Å². The summed E-state index contributed by atoms with van der Waals surface area (Å²) >= 11 is 0. The summed E-state index contributed by atoms with van der Waals surface area (Å²) in [4.78, 5) is 23.0. The molecule has 0 bridgehead atoms. The number of carbonyl (C=O) groups excluding carboxylic acids is 2. The fourth-order valence-electron chi connectivity index (χ4n) is 2.24. The van der Waals surface area contributed by atoms with Crippen LogP contribution in [0.1, 0.15) is 43.5 Å². The van der Waals surface area contributed by atoms with Gasteiger partial charge in [0.15, 0.2) is 5.78 Å². The van der Waals surface area contributed by atoms with Gasteiger partial charge in [-0.25, -0.2) is 4.79 Å². The Morgan fingerprint density at radius 1 is 1.32 bits per heavy atom. The zero-order valence-electron chi connectivity index (χ0n) is 11.5. The van der Waals surface area contributed by atoms with Crippen molar-refractivity contribution < 1.29 is 9.59 Å². The van der Waals surface area contributed by atoms with Crippen LogP contribution in [0.25, 0.3) is 0 Å². The number of Topliss-reactive ketones (excluding diaryl/α,β-unsaturated/α-hetero) is 1. The molecule has 4 nitrogen and oxygen atoms in total. The number of ketones is 1. The van der Waals surface area contributed by atoms with E-state index >= 15 is 0 Å². The van der Waals surface area contributed by atoms with E-state index in [1.165, 1.54) is 26.2 Å². The van der Waals surface area contributed by atoms with E-state index < -0.39 is 0 Å². The zero-order valence-corrected chi connectivity index (χ0v) is 11.5. The molecule has 1 aliphatic rings. The van der Waals surface area contributed by atoms with Crippen molar-refractivity contribution >= 4 is 17.5 Å². The van der Waals surface area contributed by atoms with Crippen molar-refractivity contribution in [2.24, 2.45) is 5.41 Å². The summed E-state index contributed by atoms with van der Waals surface area (Å²) < 4.78 is 0. The molecule has 102 valence electrons. The van der Waals surface area contributed by atoms with E-state index in [1.54, 1.807) is 24.3 Å². The molecule has 1 aromatic carbocycles. The first-order chi connectivity index (χ1) is 8.98. The van der Waals surface area contributed by atoms with Crippen molar-refractivity contribution in [1.29, 1.82) is 0 Å². The summed E-state index contributed by atoms with van der Waals surface area (Å²) in [6.07, 6.45) is 3.60. The first-order valence-corrected chi connectivity index (χ1v) is 6.64. The van der Waals surface area contributed by atoms with Crippen LogP contribution in [0.5, 0.6) is 0 Å². The minimum Gasteiger partial charge on any atom is -0.337 e. The summed E-state index contributed by atoms with van der Waals surface area (Å²) in [6, 6.07) is 6.75. The molecule has 19 heavy (non-hydrogen) atoms. The number of benzene rings is 1. The molecule has 0 saturated heterocycles. The van der Waals surface area contributed by atoms with Crippen molar-refractivity contribution in [2.45, 2.75) is 33.1 Å². The molecule has 0 aromatic heterocycles. The fraction of sp³-hybridized carbons (Fsp3) is 0.467. The summed E-state index contributed by atoms with van der Waals surface area (Å²) in [7, 11) is 0. The minimum absolute atomic E-state index is 0.00830.